The van der Waals surface area contributed by atoms with Crippen LogP contribution in [0.5, 0.6) is 5.75 Å². The predicted molar refractivity (Wildman–Crippen MR) is 90.3 cm³/mol. The van der Waals surface area contributed by atoms with E-state index in [4.69, 9.17) is 10.5 Å². The number of ether oxygens (including phenoxy) is 1. The highest BCUT2D eigenvalue weighted by molar-refractivity contribution is 7.98. The maximum atomic E-state index is 12.2. The molecule has 1 aromatic carbocycles. The molecule has 0 aromatic heterocycles. The van der Waals surface area contributed by atoms with E-state index < -0.39 is 6.04 Å². The summed E-state index contributed by atoms with van der Waals surface area (Å²) in [5.74, 6) is 1.70. The zero-order valence-electron chi connectivity index (χ0n) is 12.2. The zero-order chi connectivity index (χ0) is 14.4. The minimum atomic E-state index is -0.432. The molecule has 21 heavy (non-hydrogen) atoms. The summed E-state index contributed by atoms with van der Waals surface area (Å²) in [5.41, 5.74) is 6.97. The predicted octanol–water partition coefficient (Wildman–Crippen LogP) is 2.52. The van der Waals surface area contributed by atoms with Crippen LogP contribution >= 0.6 is 24.2 Å². The van der Waals surface area contributed by atoms with Gasteiger partial charge in [-0.3, -0.25) is 4.79 Å². The van der Waals surface area contributed by atoms with Crippen molar-refractivity contribution in [3.63, 3.8) is 0 Å². The van der Waals surface area contributed by atoms with Crippen LogP contribution in [0.25, 0.3) is 0 Å². The first-order valence-corrected chi connectivity index (χ1v) is 8.38. The Labute approximate surface area is 136 Å². The van der Waals surface area contributed by atoms with Gasteiger partial charge in [-0.15, -0.1) is 12.4 Å². The number of fused-ring (bicyclic) bond motifs is 1. The number of hydrogen-bond acceptors (Lipinski definition) is 4. The fourth-order valence-electron chi connectivity index (χ4n) is 2.33. The number of hydrogen-bond donors (Lipinski definition) is 2. The molecular formula is C15H23ClN2O2S. The summed E-state index contributed by atoms with van der Waals surface area (Å²) in [7, 11) is 0. The molecule has 2 rings (SSSR count). The molecular weight excluding hydrogens is 308 g/mol. The van der Waals surface area contributed by atoms with Crippen LogP contribution in [0.15, 0.2) is 24.3 Å². The molecule has 118 valence electrons. The average Bonchev–Trinajstić information content (AvgIpc) is 2.67. The first-order valence-electron chi connectivity index (χ1n) is 6.99. The summed E-state index contributed by atoms with van der Waals surface area (Å²) in [5, 5.41) is 3.07. The van der Waals surface area contributed by atoms with E-state index in [1.807, 2.05) is 30.5 Å². The van der Waals surface area contributed by atoms with Gasteiger partial charge in [0.2, 0.25) is 5.91 Å². The second-order valence-electron chi connectivity index (χ2n) is 4.98. The fourth-order valence-corrected chi connectivity index (χ4v) is 2.82. The van der Waals surface area contributed by atoms with Crippen molar-refractivity contribution in [2.75, 3.05) is 18.6 Å². The van der Waals surface area contributed by atoms with Gasteiger partial charge in [0.1, 0.15) is 5.75 Å². The molecule has 1 amide bonds. The van der Waals surface area contributed by atoms with Gasteiger partial charge < -0.3 is 15.8 Å². The van der Waals surface area contributed by atoms with E-state index in [-0.39, 0.29) is 24.4 Å². The number of rotatable bonds is 5. The number of para-hydroxylation sites is 1. The number of benzene rings is 1. The molecule has 1 aliphatic rings. The fraction of sp³-hybridized carbons (Fsp3) is 0.533. The molecule has 3 N–H and O–H groups in total. The molecule has 2 atom stereocenters. The summed E-state index contributed by atoms with van der Waals surface area (Å²) in [4.78, 5) is 12.2. The monoisotopic (exact) mass is 330 g/mol. The number of thioether (sulfide) groups is 1. The van der Waals surface area contributed by atoms with Crippen LogP contribution in [0.2, 0.25) is 0 Å². The molecule has 1 aliphatic heterocycles. The van der Waals surface area contributed by atoms with Gasteiger partial charge in [-0.25, -0.2) is 0 Å². The van der Waals surface area contributed by atoms with Crippen LogP contribution in [0.3, 0.4) is 0 Å². The van der Waals surface area contributed by atoms with Crippen molar-refractivity contribution in [1.29, 1.82) is 0 Å². The second kappa shape index (κ2) is 9.18. The minimum absolute atomic E-state index is 0. The molecule has 6 heteroatoms. The zero-order valence-corrected chi connectivity index (χ0v) is 13.8. The third-order valence-electron chi connectivity index (χ3n) is 3.48. The number of halogens is 1. The Bertz CT molecular complexity index is 459. The van der Waals surface area contributed by atoms with Crippen molar-refractivity contribution in [1.82, 2.24) is 5.32 Å². The molecule has 0 saturated heterocycles. The van der Waals surface area contributed by atoms with Crippen LogP contribution in [-0.2, 0) is 4.79 Å². The Hall–Kier alpha value is -0.910. The van der Waals surface area contributed by atoms with E-state index in [2.05, 4.69) is 5.32 Å². The van der Waals surface area contributed by atoms with Gasteiger partial charge >= 0.3 is 0 Å². The standard InChI is InChI=1S/C15H22N2O2S.ClH/c1-20-10-8-12(16)15(18)17-13-6-4-9-19-14-7-3-2-5-11(13)14;/h2-3,5,7,12-13H,4,6,8-10,16H2,1H3,(H,17,18);1H/t12-,13?;/m0./s1. The summed E-state index contributed by atoms with van der Waals surface area (Å²) in [6.07, 6.45) is 4.54. The van der Waals surface area contributed by atoms with Crippen LogP contribution in [0.4, 0.5) is 0 Å². The Morgan fingerprint density at radius 3 is 3.05 bits per heavy atom. The number of nitrogens with two attached hydrogens (primary N) is 1. The van der Waals surface area contributed by atoms with Crippen molar-refractivity contribution < 1.29 is 9.53 Å². The molecule has 1 aromatic rings. The first-order chi connectivity index (χ1) is 9.72. The number of carbonyl (C=O) groups is 1. The molecule has 0 bridgehead atoms. The van der Waals surface area contributed by atoms with Crippen LogP contribution in [0.1, 0.15) is 30.9 Å². The van der Waals surface area contributed by atoms with E-state index in [0.717, 1.165) is 29.9 Å². The summed E-state index contributed by atoms with van der Waals surface area (Å²) in [6, 6.07) is 7.46. The second-order valence-corrected chi connectivity index (χ2v) is 5.96. The van der Waals surface area contributed by atoms with Crippen LogP contribution < -0.4 is 15.8 Å². The van der Waals surface area contributed by atoms with E-state index in [1.54, 1.807) is 11.8 Å². The highest BCUT2D eigenvalue weighted by atomic mass is 35.5. The van der Waals surface area contributed by atoms with Crippen LogP contribution in [0, 0.1) is 0 Å². The van der Waals surface area contributed by atoms with Gasteiger partial charge in [-0.1, -0.05) is 18.2 Å². The van der Waals surface area contributed by atoms with Crippen molar-refractivity contribution >= 4 is 30.1 Å². The molecule has 0 aliphatic carbocycles. The molecule has 1 heterocycles. The maximum absolute atomic E-state index is 12.2. The largest absolute Gasteiger partial charge is 0.493 e. The average molecular weight is 331 g/mol. The lowest BCUT2D eigenvalue weighted by molar-refractivity contribution is -0.123. The Morgan fingerprint density at radius 2 is 2.29 bits per heavy atom. The minimum Gasteiger partial charge on any atom is -0.493 e. The van der Waals surface area contributed by atoms with Crippen LogP contribution in [-0.4, -0.2) is 30.6 Å². The van der Waals surface area contributed by atoms with Gasteiger partial charge in [0, 0.05) is 5.56 Å². The van der Waals surface area contributed by atoms with Crippen molar-refractivity contribution in [3.8, 4) is 5.75 Å². The maximum Gasteiger partial charge on any atom is 0.237 e. The highest BCUT2D eigenvalue weighted by Crippen LogP contribution is 2.31. The first kappa shape index (κ1) is 18.1. The van der Waals surface area contributed by atoms with Gasteiger partial charge in [-0.05, 0) is 37.3 Å². The van der Waals surface area contributed by atoms with Gasteiger partial charge in [0.15, 0.2) is 0 Å². The lowest BCUT2D eigenvalue weighted by atomic mass is 10.0. The normalized spacial score (nSPS) is 18.5. The summed E-state index contributed by atoms with van der Waals surface area (Å²) >= 11 is 1.71. The van der Waals surface area contributed by atoms with E-state index >= 15 is 0 Å². The third-order valence-corrected chi connectivity index (χ3v) is 4.12. The van der Waals surface area contributed by atoms with Crippen molar-refractivity contribution in [3.05, 3.63) is 29.8 Å². The Morgan fingerprint density at radius 1 is 1.52 bits per heavy atom. The van der Waals surface area contributed by atoms with Gasteiger partial charge in [-0.2, -0.15) is 11.8 Å². The van der Waals surface area contributed by atoms with E-state index in [9.17, 15) is 4.79 Å². The lowest BCUT2D eigenvalue weighted by Crippen LogP contribution is -2.42. The summed E-state index contributed by atoms with van der Waals surface area (Å²) < 4.78 is 5.70. The quantitative estimate of drug-likeness (QED) is 0.870. The molecule has 0 spiro atoms. The number of nitrogens with one attached hydrogen (secondary N) is 1. The third kappa shape index (κ3) is 5.09. The topological polar surface area (TPSA) is 64.4 Å². The van der Waals surface area contributed by atoms with Gasteiger partial charge in [0.05, 0.1) is 18.7 Å². The molecule has 4 nitrogen and oxygen atoms in total. The molecule has 1 unspecified atom stereocenters. The van der Waals surface area contributed by atoms with E-state index in [1.165, 1.54) is 0 Å². The SMILES string of the molecule is CSCC[C@H](N)C(=O)NC1CCCOc2ccccc21.Cl. The van der Waals surface area contributed by atoms with Crippen molar-refractivity contribution in [2.45, 2.75) is 31.3 Å². The Kier molecular flexibility index (Phi) is 7.93. The van der Waals surface area contributed by atoms with Crippen molar-refractivity contribution in [2.24, 2.45) is 5.73 Å². The van der Waals surface area contributed by atoms with Gasteiger partial charge in [0.25, 0.3) is 0 Å². The number of carbonyl (C=O) groups excluding carboxylic acids is 1. The molecule has 0 fully saturated rings. The molecule has 0 saturated carbocycles. The Balaban J connectivity index is 0.00000220. The number of amides is 1. The molecule has 0 radical (unpaired) electrons. The smallest absolute Gasteiger partial charge is 0.237 e. The lowest BCUT2D eigenvalue weighted by Gasteiger charge is -2.20. The summed E-state index contributed by atoms with van der Waals surface area (Å²) in [6.45, 7) is 0.696. The highest BCUT2D eigenvalue weighted by Gasteiger charge is 2.23. The van der Waals surface area contributed by atoms with E-state index in [0.29, 0.717) is 13.0 Å².